The first-order valence-corrected chi connectivity index (χ1v) is 8.41. The van der Waals surface area contributed by atoms with Crippen molar-refractivity contribution in [2.75, 3.05) is 0 Å². The molecule has 4 nitrogen and oxygen atoms in total. The first-order chi connectivity index (χ1) is 11.8. The summed E-state index contributed by atoms with van der Waals surface area (Å²) in [6.45, 7) is 0.356. The molecule has 122 valence electrons. The second kappa shape index (κ2) is 6.49. The molecule has 1 amide bonds. The highest BCUT2D eigenvalue weighted by Gasteiger charge is 2.16. The van der Waals surface area contributed by atoms with E-state index < -0.39 is 0 Å². The van der Waals surface area contributed by atoms with Crippen LogP contribution in [0.1, 0.15) is 40.0 Å². The number of fused-ring (bicyclic) bond motifs is 3. The molecular weight excluding hydrogens is 300 g/mol. The third kappa shape index (κ3) is 2.93. The topological polar surface area (TPSA) is 54.1 Å². The van der Waals surface area contributed by atoms with E-state index in [2.05, 4.69) is 10.5 Å². The number of nitrogens with one attached hydrogen (secondary N) is 2. The number of aromatic nitrogens is 1. The molecule has 1 aliphatic carbocycles. The third-order valence-electron chi connectivity index (χ3n) is 4.61. The molecule has 2 N–H and O–H groups in total. The van der Waals surface area contributed by atoms with Crippen molar-refractivity contribution >= 4 is 16.8 Å². The minimum Gasteiger partial charge on any atom is -0.358 e. The Morgan fingerprint density at radius 2 is 1.92 bits per heavy atom. The zero-order valence-corrected chi connectivity index (χ0v) is 13.5. The van der Waals surface area contributed by atoms with E-state index in [1.807, 2.05) is 48.5 Å². The molecule has 0 fully saturated rings. The van der Waals surface area contributed by atoms with Crippen LogP contribution in [-0.2, 0) is 24.3 Å². The van der Waals surface area contributed by atoms with Gasteiger partial charge in [0.15, 0.2) is 0 Å². The Kier molecular flexibility index (Phi) is 4.05. The number of carbonyl (C=O) groups is 1. The molecule has 1 heterocycles. The van der Waals surface area contributed by atoms with Crippen LogP contribution in [0, 0.1) is 0 Å². The van der Waals surface area contributed by atoms with Gasteiger partial charge in [0.05, 0.1) is 6.61 Å². The maximum absolute atomic E-state index is 12.3. The molecule has 4 rings (SSSR count). The summed E-state index contributed by atoms with van der Waals surface area (Å²) in [5.41, 5.74) is 8.00. The molecule has 0 unspecified atom stereocenters. The lowest BCUT2D eigenvalue weighted by molar-refractivity contribution is 0.0233. The number of hydroxylamine groups is 1. The number of H-pyrrole nitrogens is 1. The monoisotopic (exact) mass is 320 g/mol. The van der Waals surface area contributed by atoms with Gasteiger partial charge >= 0.3 is 0 Å². The van der Waals surface area contributed by atoms with Crippen molar-refractivity contribution in [2.45, 2.75) is 32.3 Å². The Bertz CT molecular complexity index is 868. The molecule has 2 aromatic carbocycles. The summed E-state index contributed by atoms with van der Waals surface area (Å²) in [6, 6.07) is 15.6. The quantitative estimate of drug-likeness (QED) is 0.716. The molecule has 0 saturated heterocycles. The van der Waals surface area contributed by atoms with Gasteiger partial charge in [-0.25, -0.2) is 5.48 Å². The van der Waals surface area contributed by atoms with Gasteiger partial charge < -0.3 is 4.98 Å². The molecule has 3 aromatic rings. The zero-order valence-electron chi connectivity index (χ0n) is 13.5. The Morgan fingerprint density at radius 3 is 2.79 bits per heavy atom. The van der Waals surface area contributed by atoms with Crippen LogP contribution in [0.2, 0.25) is 0 Å². The van der Waals surface area contributed by atoms with Gasteiger partial charge in [0.25, 0.3) is 5.91 Å². The van der Waals surface area contributed by atoms with Gasteiger partial charge in [-0.2, -0.15) is 0 Å². The van der Waals surface area contributed by atoms with Gasteiger partial charge in [-0.1, -0.05) is 30.3 Å². The van der Waals surface area contributed by atoms with Crippen molar-refractivity contribution in [2.24, 2.45) is 0 Å². The SMILES string of the molecule is O=C(NOCc1ccccc1)c1ccc2[nH]c3c(c2c1)CCCC3. The first kappa shape index (κ1) is 15.0. The predicted octanol–water partition coefficient (Wildman–Crippen LogP) is 3.91. The lowest BCUT2D eigenvalue weighted by Gasteiger charge is -2.10. The fraction of sp³-hybridized carbons (Fsp3) is 0.250. The molecule has 24 heavy (non-hydrogen) atoms. The van der Waals surface area contributed by atoms with E-state index in [9.17, 15) is 4.79 Å². The van der Waals surface area contributed by atoms with E-state index in [1.165, 1.54) is 29.5 Å². The summed E-state index contributed by atoms with van der Waals surface area (Å²) in [5.74, 6) is -0.210. The smallest absolute Gasteiger partial charge is 0.274 e. The van der Waals surface area contributed by atoms with Gasteiger partial charge in [-0.05, 0) is 55.0 Å². The van der Waals surface area contributed by atoms with E-state index in [1.54, 1.807) is 0 Å². The average molecular weight is 320 g/mol. The van der Waals surface area contributed by atoms with E-state index in [0.29, 0.717) is 12.2 Å². The highest BCUT2D eigenvalue weighted by molar-refractivity contribution is 5.98. The summed E-state index contributed by atoms with van der Waals surface area (Å²) in [6.07, 6.45) is 4.65. The van der Waals surface area contributed by atoms with Gasteiger partial charge in [0, 0.05) is 22.2 Å². The van der Waals surface area contributed by atoms with Crippen LogP contribution in [0.5, 0.6) is 0 Å². The van der Waals surface area contributed by atoms with Crippen molar-refractivity contribution < 1.29 is 9.63 Å². The molecular formula is C20H20N2O2. The van der Waals surface area contributed by atoms with Crippen molar-refractivity contribution in [3.8, 4) is 0 Å². The lowest BCUT2D eigenvalue weighted by Crippen LogP contribution is -2.23. The fourth-order valence-corrected chi connectivity index (χ4v) is 3.37. The summed E-state index contributed by atoms with van der Waals surface area (Å²) >= 11 is 0. The van der Waals surface area contributed by atoms with Crippen LogP contribution in [-0.4, -0.2) is 10.9 Å². The Balaban J connectivity index is 1.48. The number of aromatic amines is 1. The number of aryl methyl sites for hydroxylation is 2. The highest BCUT2D eigenvalue weighted by atomic mass is 16.6. The molecule has 0 spiro atoms. The van der Waals surface area contributed by atoms with Crippen LogP contribution < -0.4 is 5.48 Å². The van der Waals surface area contributed by atoms with Crippen LogP contribution in [0.15, 0.2) is 48.5 Å². The molecule has 0 bridgehead atoms. The van der Waals surface area contributed by atoms with Crippen LogP contribution in [0.4, 0.5) is 0 Å². The van der Waals surface area contributed by atoms with E-state index in [-0.39, 0.29) is 5.91 Å². The fourth-order valence-electron chi connectivity index (χ4n) is 3.37. The maximum atomic E-state index is 12.3. The van der Waals surface area contributed by atoms with Gasteiger partial charge in [0.1, 0.15) is 0 Å². The second-order valence-electron chi connectivity index (χ2n) is 6.26. The third-order valence-corrected chi connectivity index (χ3v) is 4.61. The Morgan fingerprint density at radius 1 is 1.08 bits per heavy atom. The van der Waals surface area contributed by atoms with Crippen LogP contribution in [0.25, 0.3) is 10.9 Å². The van der Waals surface area contributed by atoms with Gasteiger partial charge in [0.2, 0.25) is 0 Å². The van der Waals surface area contributed by atoms with Crippen LogP contribution >= 0.6 is 0 Å². The van der Waals surface area contributed by atoms with Crippen molar-refractivity contribution in [1.29, 1.82) is 0 Å². The minimum atomic E-state index is -0.210. The van der Waals surface area contributed by atoms with Crippen LogP contribution in [0.3, 0.4) is 0 Å². The Labute approximate surface area is 140 Å². The summed E-state index contributed by atoms with van der Waals surface area (Å²) in [5, 5.41) is 1.17. The lowest BCUT2D eigenvalue weighted by atomic mass is 9.95. The normalized spacial score (nSPS) is 13.7. The summed E-state index contributed by atoms with van der Waals surface area (Å²) in [7, 11) is 0. The second-order valence-corrected chi connectivity index (χ2v) is 6.26. The zero-order chi connectivity index (χ0) is 16.4. The Hall–Kier alpha value is -2.59. The summed E-state index contributed by atoms with van der Waals surface area (Å²) < 4.78 is 0. The molecule has 1 aromatic heterocycles. The number of rotatable bonds is 4. The molecule has 1 aliphatic rings. The predicted molar refractivity (Wildman–Crippen MR) is 93.6 cm³/mol. The molecule has 0 aliphatic heterocycles. The first-order valence-electron chi connectivity index (χ1n) is 8.41. The number of carbonyl (C=O) groups excluding carboxylic acids is 1. The number of benzene rings is 2. The van der Waals surface area contributed by atoms with Crippen molar-refractivity contribution in [3.05, 3.63) is 70.9 Å². The average Bonchev–Trinajstić information content (AvgIpc) is 3.00. The van der Waals surface area contributed by atoms with E-state index in [0.717, 1.165) is 23.9 Å². The molecule has 4 heteroatoms. The van der Waals surface area contributed by atoms with Crippen molar-refractivity contribution in [3.63, 3.8) is 0 Å². The number of hydrogen-bond donors (Lipinski definition) is 2. The van der Waals surface area contributed by atoms with Crippen molar-refractivity contribution in [1.82, 2.24) is 10.5 Å². The number of hydrogen-bond acceptors (Lipinski definition) is 2. The number of amides is 1. The maximum Gasteiger partial charge on any atom is 0.274 e. The highest BCUT2D eigenvalue weighted by Crippen LogP contribution is 2.29. The standard InChI is InChI=1S/C20H20N2O2/c23-20(22-24-13-14-6-2-1-3-7-14)15-10-11-19-17(12-15)16-8-4-5-9-18(16)21-19/h1-3,6-7,10-12,21H,4-5,8-9,13H2,(H,22,23). The molecule has 0 atom stereocenters. The summed E-state index contributed by atoms with van der Waals surface area (Å²) in [4.78, 5) is 21.1. The molecule has 0 radical (unpaired) electrons. The van der Waals surface area contributed by atoms with Gasteiger partial charge in [-0.3, -0.25) is 9.63 Å². The van der Waals surface area contributed by atoms with Gasteiger partial charge in [-0.15, -0.1) is 0 Å². The largest absolute Gasteiger partial charge is 0.358 e. The minimum absolute atomic E-state index is 0.210. The van der Waals surface area contributed by atoms with E-state index >= 15 is 0 Å². The van der Waals surface area contributed by atoms with E-state index in [4.69, 9.17) is 4.84 Å². The molecule has 0 saturated carbocycles.